The molecule has 17 heavy (non-hydrogen) atoms. The summed E-state index contributed by atoms with van der Waals surface area (Å²) in [5.41, 5.74) is 1.92. The maximum atomic E-state index is 5.66. The summed E-state index contributed by atoms with van der Waals surface area (Å²) < 4.78 is 5.07. The number of nitrogens with zero attached hydrogens (tertiary/aromatic N) is 2. The quantitative estimate of drug-likeness (QED) is 0.636. The van der Waals surface area contributed by atoms with Crippen LogP contribution in [0.3, 0.4) is 0 Å². The van der Waals surface area contributed by atoms with Crippen LogP contribution in [-0.2, 0) is 6.54 Å². The summed E-state index contributed by atoms with van der Waals surface area (Å²) in [5.74, 6) is 1.47. The van der Waals surface area contributed by atoms with Crippen LogP contribution in [0.1, 0.15) is 17.0 Å². The Morgan fingerprint density at radius 3 is 2.65 bits per heavy atom. The highest BCUT2D eigenvalue weighted by Crippen LogP contribution is 2.11. The van der Waals surface area contributed by atoms with Crippen LogP contribution in [0.4, 0.5) is 0 Å². The summed E-state index contributed by atoms with van der Waals surface area (Å²) in [7, 11) is 1.69. The highest BCUT2D eigenvalue weighted by molar-refractivity contribution is 6.29. The molecule has 0 aromatic carbocycles. The Kier molecular flexibility index (Phi) is 5.03. The number of hydrogen-bond acceptors (Lipinski definition) is 3. The van der Waals surface area contributed by atoms with Gasteiger partial charge in [-0.15, -0.1) is 0 Å². The van der Waals surface area contributed by atoms with Crippen molar-refractivity contribution in [3.05, 3.63) is 28.6 Å². The fourth-order valence-corrected chi connectivity index (χ4v) is 1.39. The van der Waals surface area contributed by atoms with E-state index in [4.69, 9.17) is 16.1 Å². The molecule has 1 rings (SSSR count). The molecule has 94 valence electrons. The van der Waals surface area contributed by atoms with E-state index in [1.165, 1.54) is 0 Å². The molecule has 6 heteroatoms. The Morgan fingerprint density at radius 1 is 1.47 bits per heavy atom. The van der Waals surface area contributed by atoms with Gasteiger partial charge < -0.3 is 15.2 Å². The van der Waals surface area contributed by atoms with Crippen molar-refractivity contribution in [1.82, 2.24) is 15.8 Å². The van der Waals surface area contributed by atoms with Gasteiger partial charge in [-0.1, -0.05) is 23.3 Å². The van der Waals surface area contributed by atoms with Gasteiger partial charge in [-0.05, 0) is 13.8 Å². The van der Waals surface area contributed by atoms with E-state index in [1.807, 2.05) is 13.8 Å². The standard InChI is InChI=1S/C11H17ClN4O/c1-7(12)5-14-11(13-4)15-6-10-8(2)16-17-9(10)3/h1,5-6H2,2-4H3,(H2,13,14,15). The molecule has 0 bridgehead atoms. The van der Waals surface area contributed by atoms with Gasteiger partial charge in [0.05, 0.1) is 12.2 Å². The lowest BCUT2D eigenvalue weighted by molar-refractivity contribution is 0.392. The number of aryl methyl sites for hydroxylation is 2. The van der Waals surface area contributed by atoms with Crippen LogP contribution in [0.5, 0.6) is 0 Å². The molecule has 1 aromatic rings. The van der Waals surface area contributed by atoms with E-state index >= 15 is 0 Å². The second-order valence-corrected chi connectivity index (χ2v) is 4.13. The molecule has 1 aromatic heterocycles. The molecule has 5 nitrogen and oxygen atoms in total. The van der Waals surface area contributed by atoms with Crippen LogP contribution in [0.2, 0.25) is 0 Å². The number of nitrogens with one attached hydrogen (secondary N) is 2. The zero-order chi connectivity index (χ0) is 12.8. The van der Waals surface area contributed by atoms with Crippen LogP contribution in [0.15, 0.2) is 21.1 Å². The second kappa shape index (κ2) is 6.30. The Labute approximate surface area is 106 Å². The number of aromatic nitrogens is 1. The minimum atomic E-state index is 0.475. The van der Waals surface area contributed by atoms with Crippen molar-refractivity contribution < 1.29 is 4.52 Å². The third-order valence-electron chi connectivity index (χ3n) is 2.29. The molecule has 1 heterocycles. The monoisotopic (exact) mass is 256 g/mol. The smallest absolute Gasteiger partial charge is 0.191 e. The fourth-order valence-electron chi connectivity index (χ4n) is 1.33. The first-order valence-electron chi connectivity index (χ1n) is 5.24. The number of aliphatic imine (C=N–C) groups is 1. The van der Waals surface area contributed by atoms with E-state index in [-0.39, 0.29) is 0 Å². The number of rotatable bonds is 4. The summed E-state index contributed by atoms with van der Waals surface area (Å²) in [6, 6.07) is 0. The van der Waals surface area contributed by atoms with E-state index in [1.54, 1.807) is 7.05 Å². The molecule has 2 N–H and O–H groups in total. The second-order valence-electron chi connectivity index (χ2n) is 3.60. The van der Waals surface area contributed by atoms with Crippen LogP contribution >= 0.6 is 11.6 Å². The largest absolute Gasteiger partial charge is 0.361 e. The fraction of sp³-hybridized carbons (Fsp3) is 0.455. The van der Waals surface area contributed by atoms with Crippen molar-refractivity contribution in [3.8, 4) is 0 Å². The minimum Gasteiger partial charge on any atom is -0.361 e. The average Bonchev–Trinajstić information content (AvgIpc) is 2.59. The summed E-state index contributed by atoms with van der Waals surface area (Å²) in [4.78, 5) is 4.06. The lowest BCUT2D eigenvalue weighted by Gasteiger charge is -2.10. The Bertz CT molecular complexity index is 406. The topological polar surface area (TPSA) is 62.5 Å². The molecule has 0 aliphatic rings. The van der Waals surface area contributed by atoms with Gasteiger partial charge in [0.15, 0.2) is 5.96 Å². The number of hydrogen-bond donors (Lipinski definition) is 2. The third-order valence-corrected chi connectivity index (χ3v) is 2.42. The van der Waals surface area contributed by atoms with E-state index in [0.29, 0.717) is 24.1 Å². The summed E-state index contributed by atoms with van der Waals surface area (Å²) in [5, 5.41) is 10.6. The Morgan fingerprint density at radius 2 is 2.18 bits per heavy atom. The molecule has 0 saturated carbocycles. The first-order valence-corrected chi connectivity index (χ1v) is 5.62. The highest BCUT2D eigenvalue weighted by atomic mass is 35.5. The molecule has 0 saturated heterocycles. The van der Waals surface area contributed by atoms with Crippen molar-refractivity contribution in [2.75, 3.05) is 13.6 Å². The lowest BCUT2D eigenvalue weighted by Crippen LogP contribution is -2.37. The Hall–Kier alpha value is -1.49. The van der Waals surface area contributed by atoms with E-state index < -0.39 is 0 Å². The molecule has 0 fully saturated rings. The van der Waals surface area contributed by atoms with E-state index in [9.17, 15) is 0 Å². The van der Waals surface area contributed by atoms with Gasteiger partial charge in [-0.2, -0.15) is 0 Å². The maximum Gasteiger partial charge on any atom is 0.191 e. The molecule has 0 aliphatic carbocycles. The SMILES string of the molecule is C=C(Cl)CNC(=NC)NCc1c(C)noc1C. The zero-order valence-electron chi connectivity index (χ0n) is 10.3. The normalized spacial score (nSPS) is 11.4. The first-order chi connectivity index (χ1) is 8.04. The molecular formula is C11H17ClN4O. The molecule has 0 unspecified atom stereocenters. The molecular weight excluding hydrogens is 240 g/mol. The molecule has 0 aliphatic heterocycles. The average molecular weight is 257 g/mol. The van der Waals surface area contributed by atoms with Gasteiger partial charge in [-0.3, -0.25) is 4.99 Å². The van der Waals surface area contributed by atoms with Gasteiger partial charge in [0.25, 0.3) is 0 Å². The highest BCUT2D eigenvalue weighted by Gasteiger charge is 2.09. The molecule has 0 atom stereocenters. The van der Waals surface area contributed by atoms with Crippen LogP contribution in [0.25, 0.3) is 0 Å². The van der Waals surface area contributed by atoms with Crippen molar-refractivity contribution in [2.45, 2.75) is 20.4 Å². The van der Waals surface area contributed by atoms with Gasteiger partial charge in [-0.25, -0.2) is 0 Å². The van der Waals surface area contributed by atoms with Gasteiger partial charge in [0.1, 0.15) is 5.76 Å². The number of guanidine groups is 1. The third kappa shape index (κ3) is 4.11. The zero-order valence-corrected chi connectivity index (χ0v) is 11.1. The lowest BCUT2D eigenvalue weighted by atomic mass is 10.2. The van der Waals surface area contributed by atoms with Gasteiger partial charge in [0, 0.05) is 24.2 Å². The predicted octanol–water partition coefficient (Wildman–Crippen LogP) is 1.71. The van der Waals surface area contributed by atoms with E-state index in [0.717, 1.165) is 17.0 Å². The summed E-state index contributed by atoms with van der Waals surface area (Å²) in [6.45, 7) is 8.47. The van der Waals surface area contributed by atoms with Crippen LogP contribution < -0.4 is 10.6 Å². The minimum absolute atomic E-state index is 0.475. The van der Waals surface area contributed by atoms with Crippen molar-refractivity contribution in [1.29, 1.82) is 0 Å². The van der Waals surface area contributed by atoms with Crippen molar-refractivity contribution in [3.63, 3.8) is 0 Å². The number of halogens is 1. The predicted molar refractivity (Wildman–Crippen MR) is 69.2 cm³/mol. The first kappa shape index (κ1) is 13.6. The van der Waals surface area contributed by atoms with Gasteiger partial charge >= 0.3 is 0 Å². The van der Waals surface area contributed by atoms with Crippen LogP contribution in [-0.4, -0.2) is 24.7 Å². The molecule has 0 radical (unpaired) electrons. The Balaban J connectivity index is 2.51. The van der Waals surface area contributed by atoms with E-state index in [2.05, 4.69) is 27.4 Å². The maximum absolute atomic E-state index is 5.66. The van der Waals surface area contributed by atoms with Crippen molar-refractivity contribution in [2.24, 2.45) is 4.99 Å². The molecule has 0 amide bonds. The summed E-state index contributed by atoms with van der Waals surface area (Å²) in [6.07, 6.45) is 0. The summed E-state index contributed by atoms with van der Waals surface area (Å²) >= 11 is 5.66. The molecule has 0 spiro atoms. The van der Waals surface area contributed by atoms with Crippen molar-refractivity contribution >= 4 is 17.6 Å². The van der Waals surface area contributed by atoms with Crippen LogP contribution in [0, 0.1) is 13.8 Å². The van der Waals surface area contributed by atoms with Gasteiger partial charge in [0.2, 0.25) is 0 Å².